The van der Waals surface area contributed by atoms with E-state index in [2.05, 4.69) is 9.71 Å². The van der Waals surface area contributed by atoms with Gasteiger partial charge in [0.25, 0.3) is 10.0 Å². The van der Waals surface area contributed by atoms with Gasteiger partial charge in [-0.15, -0.1) is 0 Å². The summed E-state index contributed by atoms with van der Waals surface area (Å²) in [5, 5.41) is 11.0. The Morgan fingerprint density at radius 1 is 1.05 bits per heavy atom. The Morgan fingerprint density at radius 2 is 1.78 bits per heavy atom. The summed E-state index contributed by atoms with van der Waals surface area (Å²) in [6, 6.07) is 16.7. The maximum absolute atomic E-state index is 12.7. The van der Waals surface area contributed by atoms with Crippen LogP contribution in [0, 0.1) is 0 Å². The fraction of sp³-hybridized carbons (Fsp3) is 0.0769. The van der Waals surface area contributed by atoms with Crippen molar-refractivity contribution in [3.63, 3.8) is 0 Å². The number of aromatic amines is 1. The zero-order valence-electron chi connectivity index (χ0n) is 19.3. The summed E-state index contributed by atoms with van der Waals surface area (Å²) in [7, 11) is -3.90. The molecule has 0 spiro atoms. The molecule has 0 aliphatic heterocycles. The number of nitrogens with one attached hydrogen (secondary N) is 2. The van der Waals surface area contributed by atoms with Gasteiger partial charge in [-0.05, 0) is 55.0 Å². The Balaban J connectivity index is 1.84. The zero-order valence-corrected chi connectivity index (χ0v) is 21.6. The number of rotatable bonds is 8. The van der Waals surface area contributed by atoms with E-state index in [1.807, 2.05) is 0 Å². The monoisotopic (exact) mass is 558 g/mol. The Hall–Kier alpha value is -3.79. The van der Waals surface area contributed by atoms with Crippen LogP contribution in [0.4, 0.5) is 5.69 Å². The highest BCUT2D eigenvalue weighted by Gasteiger charge is 2.23. The number of aliphatic carboxylic acids is 1. The molecule has 0 saturated carbocycles. The Bertz CT molecular complexity index is 1650. The molecule has 0 amide bonds. The molecule has 8 nitrogen and oxygen atoms in total. The quantitative estimate of drug-likeness (QED) is 0.178. The number of anilines is 1. The zero-order chi connectivity index (χ0) is 26.7. The largest absolute Gasteiger partial charge is 0.478 e. The predicted octanol–water partition coefficient (Wildman–Crippen LogP) is 6.08. The first kappa shape index (κ1) is 26.3. The number of benzene rings is 3. The maximum Gasteiger partial charge on any atom is 0.355 e. The first-order chi connectivity index (χ1) is 17.6. The molecule has 0 bridgehead atoms. The first-order valence-corrected chi connectivity index (χ1v) is 13.2. The molecular weight excluding hydrogens is 539 g/mol. The molecule has 37 heavy (non-hydrogen) atoms. The van der Waals surface area contributed by atoms with Crippen LogP contribution in [0.25, 0.3) is 22.6 Å². The van der Waals surface area contributed by atoms with E-state index in [1.54, 1.807) is 31.2 Å². The number of esters is 1. The molecule has 0 radical (unpaired) electrons. The second-order valence-electron chi connectivity index (χ2n) is 7.81. The molecular formula is C26H20Cl2N2O6S. The van der Waals surface area contributed by atoms with Gasteiger partial charge in [-0.3, -0.25) is 4.72 Å². The van der Waals surface area contributed by atoms with Gasteiger partial charge in [0.15, 0.2) is 0 Å². The van der Waals surface area contributed by atoms with Crippen molar-refractivity contribution in [1.82, 2.24) is 4.98 Å². The second-order valence-corrected chi connectivity index (χ2v) is 10.3. The van der Waals surface area contributed by atoms with Crippen molar-refractivity contribution in [2.75, 3.05) is 11.3 Å². The van der Waals surface area contributed by atoms with Crippen molar-refractivity contribution in [3.8, 4) is 0 Å². The maximum atomic E-state index is 12.7. The van der Waals surface area contributed by atoms with Crippen molar-refractivity contribution in [1.29, 1.82) is 0 Å². The van der Waals surface area contributed by atoms with E-state index in [1.165, 1.54) is 48.5 Å². The Labute approximate surface area is 222 Å². The van der Waals surface area contributed by atoms with Crippen molar-refractivity contribution < 1.29 is 27.9 Å². The van der Waals surface area contributed by atoms with E-state index in [9.17, 15) is 23.1 Å². The predicted molar refractivity (Wildman–Crippen MR) is 143 cm³/mol. The summed E-state index contributed by atoms with van der Waals surface area (Å²) in [6.45, 7) is 1.74. The lowest BCUT2D eigenvalue weighted by molar-refractivity contribution is -0.130. The standard InChI is InChI=1S/C26H20Cl2N2O6S/c1-2-36-26(33)24-20(23-21(28)12-16(27)13-22(23)29-24)14-19(25(31)32)15-7-6-8-17(11-15)30-37(34,35)18-9-4-3-5-10-18/h3-14,29-30H,2H2,1H3,(H,31,32)/b19-14-. The van der Waals surface area contributed by atoms with Crippen LogP contribution in [0.15, 0.2) is 71.6 Å². The van der Waals surface area contributed by atoms with Crippen molar-refractivity contribution in [3.05, 3.63) is 93.6 Å². The molecule has 1 aromatic heterocycles. The lowest BCUT2D eigenvalue weighted by Gasteiger charge is -2.10. The third-order valence-corrected chi connectivity index (χ3v) is 7.24. The van der Waals surface area contributed by atoms with Gasteiger partial charge in [0.2, 0.25) is 0 Å². The molecule has 3 aromatic carbocycles. The summed E-state index contributed by atoms with van der Waals surface area (Å²) < 4.78 is 33.1. The smallest absolute Gasteiger partial charge is 0.355 e. The SMILES string of the molecule is CCOC(=O)c1[nH]c2cc(Cl)cc(Cl)c2c1/C=C(\C(=O)O)c1cccc(NS(=O)(=O)c2ccccc2)c1. The highest BCUT2D eigenvalue weighted by molar-refractivity contribution is 7.92. The van der Waals surface area contributed by atoms with Gasteiger partial charge < -0.3 is 14.8 Å². The van der Waals surface area contributed by atoms with E-state index in [0.29, 0.717) is 15.9 Å². The summed E-state index contributed by atoms with van der Waals surface area (Å²) in [6.07, 6.45) is 1.29. The van der Waals surface area contributed by atoms with Crippen molar-refractivity contribution in [2.24, 2.45) is 0 Å². The number of carboxylic acid groups (broad SMARTS) is 1. The van der Waals surface area contributed by atoms with E-state index >= 15 is 0 Å². The van der Waals surface area contributed by atoms with E-state index in [-0.39, 0.29) is 44.6 Å². The van der Waals surface area contributed by atoms with Crippen LogP contribution >= 0.6 is 23.2 Å². The summed E-state index contributed by atoms with van der Waals surface area (Å²) in [5.41, 5.74) is 0.750. The van der Waals surface area contributed by atoms with Gasteiger partial charge in [0.05, 0.1) is 22.1 Å². The average molecular weight is 559 g/mol. The van der Waals surface area contributed by atoms with Gasteiger partial charge in [-0.25, -0.2) is 18.0 Å². The van der Waals surface area contributed by atoms with Crippen LogP contribution in [0.5, 0.6) is 0 Å². The minimum atomic E-state index is -3.90. The third kappa shape index (κ3) is 5.64. The molecule has 0 fully saturated rings. The number of sulfonamides is 1. The number of H-pyrrole nitrogens is 1. The molecule has 0 atom stereocenters. The summed E-state index contributed by atoms with van der Waals surface area (Å²) >= 11 is 12.5. The highest BCUT2D eigenvalue weighted by atomic mass is 35.5. The Morgan fingerprint density at radius 3 is 2.46 bits per heavy atom. The molecule has 1 heterocycles. The number of carbonyl (C=O) groups is 2. The number of fused-ring (bicyclic) bond motifs is 1. The van der Waals surface area contributed by atoms with Gasteiger partial charge in [0, 0.05) is 27.2 Å². The lowest BCUT2D eigenvalue weighted by Crippen LogP contribution is -2.13. The number of hydrogen-bond donors (Lipinski definition) is 3. The van der Waals surface area contributed by atoms with Gasteiger partial charge in [-0.2, -0.15) is 0 Å². The first-order valence-electron chi connectivity index (χ1n) is 10.9. The average Bonchev–Trinajstić information content (AvgIpc) is 3.21. The van der Waals surface area contributed by atoms with Crippen LogP contribution in [0.2, 0.25) is 10.0 Å². The molecule has 0 aliphatic carbocycles. The van der Waals surface area contributed by atoms with Crippen LogP contribution in [0.3, 0.4) is 0 Å². The topological polar surface area (TPSA) is 126 Å². The number of aromatic nitrogens is 1. The normalized spacial score (nSPS) is 11.9. The minimum Gasteiger partial charge on any atom is -0.478 e. The fourth-order valence-corrected chi connectivity index (χ4v) is 5.42. The molecule has 3 N–H and O–H groups in total. The third-order valence-electron chi connectivity index (χ3n) is 5.33. The number of hydrogen-bond acceptors (Lipinski definition) is 5. The van der Waals surface area contributed by atoms with Crippen LogP contribution in [0.1, 0.15) is 28.5 Å². The van der Waals surface area contributed by atoms with Gasteiger partial charge >= 0.3 is 11.9 Å². The number of ether oxygens (including phenoxy) is 1. The number of halogens is 2. The Kier molecular flexibility index (Phi) is 7.58. The van der Waals surface area contributed by atoms with Crippen LogP contribution < -0.4 is 4.72 Å². The van der Waals surface area contributed by atoms with Crippen molar-refractivity contribution >= 4 is 73.4 Å². The van der Waals surface area contributed by atoms with Crippen LogP contribution in [-0.2, 0) is 19.6 Å². The molecule has 0 unspecified atom stereocenters. The summed E-state index contributed by atoms with van der Waals surface area (Å²) in [4.78, 5) is 28.0. The highest BCUT2D eigenvalue weighted by Crippen LogP contribution is 2.35. The summed E-state index contributed by atoms with van der Waals surface area (Å²) in [5.74, 6) is -2.01. The lowest BCUT2D eigenvalue weighted by atomic mass is 10.0. The minimum absolute atomic E-state index is 0.000650. The molecule has 0 aliphatic rings. The second kappa shape index (κ2) is 10.7. The van der Waals surface area contributed by atoms with Gasteiger partial charge in [-0.1, -0.05) is 53.5 Å². The fourth-order valence-electron chi connectivity index (χ4n) is 3.76. The molecule has 4 rings (SSSR count). The molecule has 190 valence electrons. The van der Waals surface area contributed by atoms with E-state index in [4.69, 9.17) is 27.9 Å². The molecule has 4 aromatic rings. The van der Waals surface area contributed by atoms with E-state index < -0.39 is 22.0 Å². The van der Waals surface area contributed by atoms with Crippen LogP contribution in [-0.4, -0.2) is 37.1 Å². The molecule has 11 heteroatoms. The van der Waals surface area contributed by atoms with E-state index in [0.717, 1.165) is 0 Å². The number of carbonyl (C=O) groups excluding carboxylic acids is 1. The molecule has 0 saturated heterocycles. The van der Waals surface area contributed by atoms with Crippen molar-refractivity contribution in [2.45, 2.75) is 11.8 Å². The van der Waals surface area contributed by atoms with Gasteiger partial charge in [0.1, 0.15) is 5.69 Å². The number of carboxylic acids is 1.